The fraction of sp³-hybridized carbons (Fsp3) is 0.0392. The van der Waals surface area contributed by atoms with Gasteiger partial charge in [0.05, 0.1) is 16.7 Å². The maximum Gasteiger partial charge on any atom is 0.159 e. The lowest BCUT2D eigenvalue weighted by molar-refractivity contribution is 0.409. The second-order valence-corrected chi connectivity index (χ2v) is 14.8. The Kier molecular flexibility index (Phi) is 7.03. The molecule has 0 bridgehead atoms. The SMILES string of the molecule is c1ccc(C2N=C(c3ccc4oc5ccc(-c6cccc7oc8c(-n9c%10ccccc%10c%10ccccc%109)cccc8c67)cc5c4c3)NC(c3ccccc3)N2)cc1. The van der Waals surface area contributed by atoms with E-state index in [-0.39, 0.29) is 12.3 Å². The van der Waals surface area contributed by atoms with E-state index >= 15 is 0 Å². The highest BCUT2D eigenvalue weighted by molar-refractivity contribution is 6.17. The average molecular weight is 735 g/mol. The Bertz CT molecular complexity index is 3320. The maximum absolute atomic E-state index is 6.81. The van der Waals surface area contributed by atoms with Gasteiger partial charge in [-0.15, -0.1) is 0 Å². The van der Waals surface area contributed by atoms with Crippen LogP contribution >= 0.6 is 0 Å². The predicted molar refractivity (Wildman–Crippen MR) is 232 cm³/mol. The zero-order chi connectivity index (χ0) is 37.5. The molecule has 0 amide bonds. The molecule has 12 rings (SSSR count). The molecule has 0 aliphatic carbocycles. The summed E-state index contributed by atoms with van der Waals surface area (Å²) in [6.07, 6.45) is -0.329. The van der Waals surface area contributed by atoms with Crippen LogP contribution in [0.2, 0.25) is 0 Å². The van der Waals surface area contributed by atoms with E-state index in [0.29, 0.717) is 0 Å². The largest absolute Gasteiger partial charge is 0.456 e. The van der Waals surface area contributed by atoms with E-state index in [2.05, 4.69) is 185 Å². The summed E-state index contributed by atoms with van der Waals surface area (Å²) in [5.41, 5.74) is 12.2. The second-order valence-electron chi connectivity index (χ2n) is 14.8. The number of fused-ring (bicyclic) bond motifs is 9. The molecule has 2 N–H and O–H groups in total. The summed E-state index contributed by atoms with van der Waals surface area (Å²) >= 11 is 0. The quantitative estimate of drug-likeness (QED) is 0.185. The first-order chi connectivity index (χ1) is 28.2. The van der Waals surface area contributed by atoms with Crippen LogP contribution in [0, 0.1) is 0 Å². The minimum atomic E-state index is -0.211. The first-order valence-electron chi connectivity index (χ1n) is 19.4. The number of aliphatic imine (C=N–C) groups is 1. The number of aromatic nitrogens is 1. The average Bonchev–Trinajstić information content (AvgIpc) is 3.96. The summed E-state index contributed by atoms with van der Waals surface area (Å²) in [5, 5.41) is 14.1. The highest BCUT2D eigenvalue weighted by Gasteiger charge is 2.26. The van der Waals surface area contributed by atoms with Gasteiger partial charge in [-0.2, -0.15) is 0 Å². The Morgan fingerprint density at radius 1 is 0.474 bits per heavy atom. The molecule has 6 heteroatoms. The number of amidine groups is 1. The third kappa shape index (κ3) is 5.04. The van der Waals surface area contributed by atoms with Crippen molar-refractivity contribution >= 4 is 71.5 Å². The molecule has 1 aliphatic rings. The number of nitrogens with one attached hydrogen (secondary N) is 2. The first-order valence-corrected chi connectivity index (χ1v) is 19.4. The van der Waals surface area contributed by atoms with Gasteiger partial charge >= 0.3 is 0 Å². The van der Waals surface area contributed by atoms with Gasteiger partial charge in [0.1, 0.15) is 34.9 Å². The van der Waals surface area contributed by atoms with E-state index in [1.807, 2.05) is 12.1 Å². The highest BCUT2D eigenvalue weighted by Crippen LogP contribution is 2.42. The van der Waals surface area contributed by atoms with Crippen molar-refractivity contribution in [3.8, 4) is 16.8 Å². The Balaban J connectivity index is 0.995. The summed E-state index contributed by atoms with van der Waals surface area (Å²) in [4.78, 5) is 5.20. The first kappa shape index (κ1) is 31.9. The predicted octanol–water partition coefficient (Wildman–Crippen LogP) is 12.6. The lowest BCUT2D eigenvalue weighted by Crippen LogP contribution is -2.44. The zero-order valence-electron chi connectivity index (χ0n) is 30.7. The van der Waals surface area contributed by atoms with Crippen molar-refractivity contribution < 1.29 is 8.83 Å². The van der Waals surface area contributed by atoms with Crippen molar-refractivity contribution in [3.05, 3.63) is 199 Å². The second kappa shape index (κ2) is 12.6. The summed E-state index contributed by atoms with van der Waals surface area (Å²) in [6, 6.07) is 63.8. The zero-order valence-corrected chi connectivity index (χ0v) is 30.7. The molecule has 1 aliphatic heterocycles. The van der Waals surface area contributed by atoms with Crippen LogP contribution in [0.4, 0.5) is 0 Å². The number of furan rings is 2. The minimum Gasteiger partial charge on any atom is -0.456 e. The maximum atomic E-state index is 6.81. The Morgan fingerprint density at radius 2 is 1.09 bits per heavy atom. The fourth-order valence-electron chi connectivity index (χ4n) is 8.85. The van der Waals surface area contributed by atoms with Crippen molar-refractivity contribution in [2.45, 2.75) is 12.3 Å². The summed E-state index contributed by atoms with van der Waals surface area (Å²) < 4.78 is 15.6. The van der Waals surface area contributed by atoms with Crippen LogP contribution in [0.15, 0.2) is 196 Å². The molecule has 0 radical (unpaired) electrons. The smallest absolute Gasteiger partial charge is 0.159 e. The Hall–Kier alpha value is -7.41. The standard InChI is InChI=1S/C51H34N4O2/c1-3-13-31(14-4-1)49-52-50(32-15-5-2-6-16-32)54-51(53-49)34-26-28-45-40(30-34)39-29-33(25-27-44(39)56-45)35-19-12-24-46-47(35)38-20-11-23-43(48(38)57-46)55-41-21-9-7-17-36(41)37-18-8-10-22-42(37)55/h1-30,49-50,52H,(H,53,54). The van der Waals surface area contributed by atoms with Crippen LogP contribution in [-0.4, -0.2) is 10.4 Å². The van der Waals surface area contributed by atoms with Crippen LogP contribution in [0.3, 0.4) is 0 Å². The van der Waals surface area contributed by atoms with Crippen LogP contribution in [0.25, 0.3) is 82.5 Å². The highest BCUT2D eigenvalue weighted by atomic mass is 16.3. The molecule has 11 aromatic rings. The Morgan fingerprint density at radius 3 is 1.82 bits per heavy atom. The van der Waals surface area contributed by atoms with Crippen LogP contribution in [0.5, 0.6) is 0 Å². The van der Waals surface area contributed by atoms with Crippen molar-refractivity contribution in [1.82, 2.24) is 15.2 Å². The summed E-state index contributed by atoms with van der Waals surface area (Å²) in [6.45, 7) is 0. The molecular formula is C51H34N4O2. The third-order valence-electron chi connectivity index (χ3n) is 11.5. The lowest BCUT2D eigenvalue weighted by Gasteiger charge is -2.32. The lowest BCUT2D eigenvalue weighted by atomic mass is 9.97. The molecule has 6 nitrogen and oxygen atoms in total. The molecule has 0 saturated heterocycles. The number of benzene rings is 8. The van der Waals surface area contributed by atoms with Gasteiger partial charge in [-0.1, -0.05) is 127 Å². The molecule has 3 aromatic heterocycles. The number of hydrogen-bond acceptors (Lipinski definition) is 5. The molecule has 57 heavy (non-hydrogen) atoms. The van der Waals surface area contributed by atoms with Gasteiger partial charge in [0.15, 0.2) is 5.58 Å². The van der Waals surface area contributed by atoms with E-state index in [9.17, 15) is 0 Å². The van der Waals surface area contributed by atoms with E-state index in [0.717, 1.165) is 94.3 Å². The van der Waals surface area contributed by atoms with Crippen molar-refractivity contribution in [2.24, 2.45) is 4.99 Å². The third-order valence-corrected chi connectivity index (χ3v) is 11.5. The van der Waals surface area contributed by atoms with Gasteiger partial charge < -0.3 is 18.7 Å². The molecule has 0 saturated carbocycles. The summed E-state index contributed by atoms with van der Waals surface area (Å²) in [7, 11) is 0. The minimum absolute atomic E-state index is 0.118. The van der Waals surface area contributed by atoms with Gasteiger partial charge in [-0.05, 0) is 76.9 Å². The topological polar surface area (TPSA) is 67.6 Å². The van der Waals surface area contributed by atoms with Gasteiger partial charge in [-0.25, -0.2) is 4.99 Å². The van der Waals surface area contributed by atoms with E-state index in [1.165, 1.54) is 10.8 Å². The molecule has 2 unspecified atom stereocenters. The van der Waals surface area contributed by atoms with Gasteiger partial charge in [0.2, 0.25) is 0 Å². The number of para-hydroxylation sites is 3. The van der Waals surface area contributed by atoms with Crippen molar-refractivity contribution in [1.29, 1.82) is 0 Å². The normalized spacial score (nSPS) is 15.9. The van der Waals surface area contributed by atoms with Crippen LogP contribution < -0.4 is 10.6 Å². The molecule has 0 spiro atoms. The molecule has 4 heterocycles. The van der Waals surface area contributed by atoms with Crippen LogP contribution in [0.1, 0.15) is 29.0 Å². The number of nitrogens with zero attached hydrogens (tertiary/aromatic N) is 2. The molecule has 2 atom stereocenters. The number of rotatable bonds is 5. The van der Waals surface area contributed by atoms with E-state index in [1.54, 1.807) is 0 Å². The van der Waals surface area contributed by atoms with Crippen molar-refractivity contribution in [2.75, 3.05) is 0 Å². The van der Waals surface area contributed by atoms with E-state index in [4.69, 9.17) is 13.8 Å². The fourth-order valence-corrected chi connectivity index (χ4v) is 8.85. The van der Waals surface area contributed by atoms with Crippen molar-refractivity contribution in [3.63, 3.8) is 0 Å². The summed E-state index contributed by atoms with van der Waals surface area (Å²) in [5.74, 6) is 0.831. The molecule has 270 valence electrons. The molecule has 8 aromatic carbocycles. The number of hydrogen-bond donors (Lipinski definition) is 2. The van der Waals surface area contributed by atoms with E-state index < -0.39 is 0 Å². The van der Waals surface area contributed by atoms with Gasteiger partial charge in [0.25, 0.3) is 0 Å². The van der Waals surface area contributed by atoms with Gasteiger partial charge in [0, 0.05) is 37.9 Å². The molecule has 0 fully saturated rings. The van der Waals surface area contributed by atoms with Crippen LogP contribution in [-0.2, 0) is 0 Å². The van der Waals surface area contributed by atoms with Gasteiger partial charge in [-0.3, -0.25) is 5.32 Å². The Labute approximate surface area is 327 Å². The molecular weight excluding hydrogens is 701 g/mol. The monoisotopic (exact) mass is 734 g/mol.